The van der Waals surface area contributed by atoms with Crippen LogP contribution in [0.3, 0.4) is 0 Å². The van der Waals surface area contributed by atoms with Crippen LogP contribution in [0.1, 0.15) is 36.7 Å². The van der Waals surface area contributed by atoms with Gasteiger partial charge in [0.15, 0.2) is 0 Å². The topological polar surface area (TPSA) is 143 Å². The monoisotopic (exact) mass is 518 g/mol. The molecule has 3 aromatic carbocycles. The second kappa shape index (κ2) is 11.9. The number of anilines is 2. The number of ether oxygens (including phenoxy) is 1. The number of halogens is 3. The number of amides is 2. The van der Waals surface area contributed by atoms with E-state index in [-0.39, 0.29) is 5.91 Å². The van der Waals surface area contributed by atoms with Crippen molar-refractivity contribution < 1.29 is 37.4 Å². The number of hydrogen-bond acceptors (Lipinski definition) is 6. The van der Waals surface area contributed by atoms with E-state index < -0.39 is 23.8 Å². The molecule has 0 bridgehead atoms. The predicted molar refractivity (Wildman–Crippen MR) is 134 cm³/mol. The van der Waals surface area contributed by atoms with Gasteiger partial charge in [-0.2, -0.15) is 18.3 Å². The molecule has 0 aliphatic heterocycles. The van der Waals surface area contributed by atoms with Crippen molar-refractivity contribution >= 4 is 46.3 Å². The van der Waals surface area contributed by atoms with Crippen molar-refractivity contribution in [2.45, 2.75) is 32.5 Å². The van der Waals surface area contributed by atoms with Gasteiger partial charge in [-0.1, -0.05) is 18.2 Å². The predicted octanol–water partition coefficient (Wildman–Crippen LogP) is 5.37. The van der Waals surface area contributed by atoms with Crippen molar-refractivity contribution in [3.8, 4) is 0 Å². The lowest BCUT2D eigenvalue weighted by Crippen LogP contribution is -2.27. The van der Waals surface area contributed by atoms with Crippen molar-refractivity contribution in [3.63, 3.8) is 0 Å². The molecule has 37 heavy (non-hydrogen) atoms. The molecule has 0 aliphatic carbocycles. The van der Waals surface area contributed by atoms with Crippen LogP contribution in [-0.4, -0.2) is 41.1 Å². The van der Waals surface area contributed by atoms with Crippen LogP contribution >= 0.6 is 0 Å². The number of carbonyl (C=O) groups excluding carboxylic acids is 2. The number of nitrogens with one attached hydrogen (secondary N) is 2. The van der Waals surface area contributed by atoms with Crippen LogP contribution in [0.5, 0.6) is 0 Å². The van der Waals surface area contributed by atoms with Crippen LogP contribution in [0.15, 0.2) is 65.8 Å². The Labute approximate surface area is 210 Å². The molecule has 12 heteroatoms. The maximum absolute atomic E-state index is 12.6. The highest BCUT2D eigenvalue weighted by atomic mass is 19.4. The van der Waals surface area contributed by atoms with Crippen LogP contribution in [0.25, 0.3) is 10.8 Å². The van der Waals surface area contributed by atoms with Crippen molar-refractivity contribution in [1.29, 1.82) is 0 Å². The van der Waals surface area contributed by atoms with Gasteiger partial charge < -0.3 is 21.0 Å². The van der Waals surface area contributed by atoms with Crippen LogP contribution in [0.2, 0.25) is 0 Å². The van der Waals surface area contributed by atoms with Gasteiger partial charge in [0.05, 0.1) is 6.21 Å². The molecule has 0 atom stereocenters. The quantitative estimate of drug-likeness (QED) is 0.208. The number of carboxylic acid groups (broad SMARTS) is 1. The molecular formula is C25H25F3N4O5. The minimum absolute atomic E-state index is 0.245. The van der Waals surface area contributed by atoms with Gasteiger partial charge in [0.2, 0.25) is 0 Å². The zero-order valence-electron chi connectivity index (χ0n) is 20.1. The Kier molecular flexibility index (Phi) is 9.19. The molecule has 0 aromatic heterocycles. The summed E-state index contributed by atoms with van der Waals surface area (Å²) in [5, 5.41) is 18.2. The second-order valence-corrected chi connectivity index (χ2v) is 8.56. The first-order valence-corrected chi connectivity index (χ1v) is 10.7. The highest BCUT2D eigenvalue weighted by molar-refractivity contribution is 6.05. The Morgan fingerprint density at radius 3 is 1.97 bits per heavy atom. The lowest BCUT2D eigenvalue weighted by Gasteiger charge is -2.19. The zero-order chi connectivity index (χ0) is 27.8. The van der Waals surface area contributed by atoms with E-state index in [0.717, 1.165) is 16.3 Å². The number of nitrogens with two attached hydrogens (primary N) is 1. The summed E-state index contributed by atoms with van der Waals surface area (Å²) >= 11 is 0. The largest absolute Gasteiger partial charge is 0.490 e. The number of fused-ring (bicyclic) bond motifs is 1. The van der Waals surface area contributed by atoms with Gasteiger partial charge in [-0.25, -0.2) is 9.59 Å². The standard InChI is InChI=1S/C23H24N4O3.C2HF3O2/c1-23(2,3)30-22(29)27-19-9-6-16(7-10-19)21(28)26-20-11-8-17-12-15(14-25-24)4-5-18(17)13-20;3-2(4,5)1(6)7/h4-14H,24H2,1-3H3,(H,26,28)(H,27,29);(H,6,7). The summed E-state index contributed by atoms with van der Waals surface area (Å²) in [7, 11) is 0. The van der Waals surface area contributed by atoms with Gasteiger partial charge in [-0.15, -0.1) is 0 Å². The normalized spacial score (nSPS) is 11.4. The molecule has 196 valence electrons. The molecule has 5 N–H and O–H groups in total. The van der Waals surface area contributed by atoms with Crippen molar-refractivity contribution in [2.24, 2.45) is 10.9 Å². The Morgan fingerprint density at radius 2 is 1.43 bits per heavy atom. The summed E-state index contributed by atoms with van der Waals surface area (Å²) in [5.74, 6) is 2.19. The molecule has 2 amide bonds. The van der Waals surface area contributed by atoms with E-state index in [1.165, 1.54) is 0 Å². The second-order valence-electron chi connectivity index (χ2n) is 8.56. The number of nitrogens with zero attached hydrogens (tertiary/aromatic N) is 1. The van der Waals surface area contributed by atoms with Gasteiger partial charge in [-0.05, 0) is 79.6 Å². The van der Waals surface area contributed by atoms with Gasteiger partial charge in [0.25, 0.3) is 5.91 Å². The third-order valence-electron chi connectivity index (χ3n) is 4.38. The molecule has 0 heterocycles. The Hall–Kier alpha value is -4.61. The van der Waals surface area contributed by atoms with E-state index in [9.17, 15) is 22.8 Å². The molecule has 0 fully saturated rings. The van der Waals surface area contributed by atoms with Crippen molar-refractivity contribution in [3.05, 3.63) is 71.8 Å². The number of hydrogen-bond donors (Lipinski definition) is 4. The Morgan fingerprint density at radius 1 is 0.892 bits per heavy atom. The summed E-state index contributed by atoms with van der Waals surface area (Å²) in [5.41, 5.74) is 2.02. The highest BCUT2D eigenvalue weighted by Gasteiger charge is 2.38. The van der Waals surface area contributed by atoms with Gasteiger partial charge in [-0.3, -0.25) is 10.1 Å². The molecule has 0 radical (unpaired) electrons. The lowest BCUT2D eigenvalue weighted by molar-refractivity contribution is -0.192. The molecular weight excluding hydrogens is 493 g/mol. The Bertz CT molecular complexity index is 1300. The van der Waals surface area contributed by atoms with E-state index >= 15 is 0 Å². The summed E-state index contributed by atoms with van der Waals surface area (Å²) in [4.78, 5) is 33.3. The molecule has 0 saturated heterocycles. The van der Waals surface area contributed by atoms with Crippen LogP contribution in [-0.2, 0) is 9.53 Å². The molecule has 3 aromatic rings. The first-order chi connectivity index (χ1) is 17.2. The average Bonchev–Trinajstić information content (AvgIpc) is 2.78. The third kappa shape index (κ3) is 9.51. The number of carboxylic acids is 1. The van der Waals surface area contributed by atoms with E-state index in [1.54, 1.807) is 51.3 Å². The maximum Gasteiger partial charge on any atom is 0.490 e. The minimum Gasteiger partial charge on any atom is -0.475 e. The fraction of sp³-hybridized carbons (Fsp3) is 0.200. The first-order valence-electron chi connectivity index (χ1n) is 10.7. The van der Waals surface area contributed by atoms with E-state index in [1.807, 2.05) is 36.4 Å². The molecule has 0 spiro atoms. The zero-order valence-corrected chi connectivity index (χ0v) is 20.1. The highest BCUT2D eigenvalue weighted by Crippen LogP contribution is 2.21. The summed E-state index contributed by atoms with van der Waals surface area (Å²) in [6, 6.07) is 18.1. The fourth-order valence-corrected chi connectivity index (χ4v) is 2.84. The number of aliphatic carboxylic acids is 1. The van der Waals surface area contributed by atoms with Gasteiger partial charge in [0, 0.05) is 16.9 Å². The maximum atomic E-state index is 12.6. The van der Waals surface area contributed by atoms with Crippen LogP contribution in [0.4, 0.5) is 29.3 Å². The summed E-state index contributed by atoms with van der Waals surface area (Å²) in [6.07, 6.45) is -4.05. The molecule has 3 rings (SSSR count). The number of benzene rings is 3. The Balaban J connectivity index is 0.000000604. The lowest BCUT2D eigenvalue weighted by atomic mass is 10.1. The molecule has 9 nitrogen and oxygen atoms in total. The number of rotatable bonds is 4. The summed E-state index contributed by atoms with van der Waals surface area (Å²) in [6.45, 7) is 5.38. The van der Waals surface area contributed by atoms with Gasteiger partial charge >= 0.3 is 18.2 Å². The van der Waals surface area contributed by atoms with E-state index in [0.29, 0.717) is 16.9 Å². The number of hydrazone groups is 1. The number of carbonyl (C=O) groups is 3. The summed E-state index contributed by atoms with van der Waals surface area (Å²) < 4.78 is 36.9. The number of alkyl halides is 3. The van der Waals surface area contributed by atoms with E-state index in [4.69, 9.17) is 20.5 Å². The smallest absolute Gasteiger partial charge is 0.475 e. The molecule has 0 saturated carbocycles. The molecule has 0 aliphatic rings. The minimum atomic E-state index is -5.08. The van der Waals surface area contributed by atoms with Gasteiger partial charge in [0.1, 0.15) is 5.60 Å². The SMILES string of the molecule is CC(C)(C)OC(=O)Nc1ccc(C(=O)Nc2ccc3cc(C=NN)ccc3c2)cc1.O=C(O)C(F)(F)F. The average molecular weight is 518 g/mol. The van der Waals surface area contributed by atoms with Crippen molar-refractivity contribution in [2.75, 3.05) is 10.6 Å². The first kappa shape index (κ1) is 28.6. The third-order valence-corrected chi connectivity index (χ3v) is 4.38. The fourth-order valence-electron chi connectivity index (χ4n) is 2.84. The van der Waals surface area contributed by atoms with Crippen LogP contribution in [0, 0.1) is 0 Å². The van der Waals surface area contributed by atoms with Crippen molar-refractivity contribution in [1.82, 2.24) is 0 Å². The van der Waals surface area contributed by atoms with Crippen LogP contribution < -0.4 is 16.5 Å². The molecule has 0 unspecified atom stereocenters. The van der Waals surface area contributed by atoms with E-state index in [2.05, 4.69) is 15.7 Å².